The molecule has 0 bridgehead atoms. The first-order chi connectivity index (χ1) is 12.8. The Hall–Kier alpha value is -1.13. The SMILES string of the molecule is CC(Oc1ccc(Br)cc1)C(=O)N1CCN(S(=O)(=O)c2ccc(Cl)s2)CC1. The summed E-state index contributed by atoms with van der Waals surface area (Å²) < 4.78 is 33.9. The van der Waals surface area contributed by atoms with Crippen molar-refractivity contribution in [2.24, 2.45) is 0 Å². The zero-order valence-electron chi connectivity index (χ0n) is 14.5. The molecule has 0 aliphatic carbocycles. The van der Waals surface area contributed by atoms with Crippen LogP contribution in [0.3, 0.4) is 0 Å². The number of hydrogen-bond acceptors (Lipinski definition) is 5. The molecule has 3 rings (SSSR count). The number of carbonyl (C=O) groups is 1. The van der Waals surface area contributed by atoms with Gasteiger partial charge in [-0.2, -0.15) is 4.31 Å². The van der Waals surface area contributed by atoms with E-state index in [1.807, 2.05) is 12.1 Å². The molecule has 6 nitrogen and oxygen atoms in total. The summed E-state index contributed by atoms with van der Waals surface area (Å²) in [5.41, 5.74) is 0. The average molecular weight is 494 g/mol. The molecule has 1 aromatic heterocycles. The summed E-state index contributed by atoms with van der Waals surface area (Å²) in [4.78, 5) is 14.2. The minimum Gasteiger partial charge on any atom is -0.481 e. The largest absolute Gasteiger partial charge is 0.481 e. The molecule has 1 amide bonds. The summed E-state index contributed by atoms with van der Waals surface area (Å²) in [6.07, 6.45) is -0.648. The van der Waals surface area contributed by atoms with E-state index in [1.165, 1.54) is 10.4 Å². The second kappa shape index (κ2) is 8.48. The van der Waals surface area contributed by atoms with Crippen molar-refractivity contribution in [1.82, 2.24) is 9.21 Å². The van der Waals surface area contributed by atoms with Gasteiger partial charge in [-0.3, -0.25) is 4.79 Å². The van der Waals surface area contributed by atoms with Gasteiger partial charge >= 0.3 is 0 Å². The minimum absolute atomic E-state index is 0.158. The normalized spacial score (nSPS) is 16.9. The average Bonchev–Trinajstić information content (AvgIpc) is 3.10. The Morgan fingerprint density at radius 1 is 1.15 bits per heavy atom. The molecular weight excluding hydrogens is 476 g/mol. The van der Waals surface area contributed by atoms with Crippen LogP contribution in [0.4, 0.5) is 0 Å². The molecule has 27 heavy (non-hydrogen) atoms. The van der Waals surface area contributed by atoms with Gasteiger partial charge in [-0.05, 0) is 43.3 Å². The van der Waals surface area contributed by atoms with Gasteiger partial charge in [0.25, 0.3) is 15.9 Å². The molecular formula is C17H18BrClN2O4S2. The van der Waals surface area contributed by atoms with Crippen molar-refractivity contribution < 1.29 is 17.9 Å². The molecule has 0 N–H and O–H groups in total. The number of amides is 1. The molecule has 1 aliphatic heterocycles. The van der Waals surface area contributed by atoms with Crippen molar-refractivity contribution in [1.29, 1.82) is 0 Å². The van der Waals surface area contributed by atoms with Crippen molar-refractivity contribution in [3.05, 3.63) is 45.2 Å². The lowest BCUT2D eigenvalue weighted by atomic mass is 10.3. The Kier molecular flexibility index (Phi) is 6.47. The molecule has 146 valence electrons. The highest BCUT2D eigenvalue weighted by Crippen LogP contribution is 2.28. The molecule has 1 aromatic carbocycles. The van der Waals surface area contributed by atoms with Gasteiger partial charge < -0.3 is 9.64 Å². The Morgan fingerprint density at radius 3 is 2.33 bits per heavy atom. The Balaban J connectivity index is 1.58. The summed E-state index contributed by atoms with van der Waals surface area (Å²) in [7, 11) is -3.57. The Bertz CT molecular complexity index is 909. The standard InChI is InChI=1S/C17H18BrClN2O4S2/c1-12(25-14-4-2-13(18)3-5-14)17(22)20-8-10-21(11-9-20)27(23,24)16-7-6-15(19)26-16/h2-7,12H,8-11H2,1H3. The van der Waals surface area contributed by atoms with E-state index in [2.05, 4.69) is 15.9 Å². The van der Waals surface area contributed by atoms with E-state index < -0.39 is 16.1 Å². The maximum atomic E-state index is 12.6. The smallest absolute Gasteiger partial charge is 0.263 e. The Morgan fingerprint density at radius 2 is 1.78 bits per heavy atom. The molecule has 0 radical (unpaired) electrons. The quantitative estimate of drug-likeness (QED) is 0.640. The van der Waals surface area contributed by atoms with Gasteiger partial charge in [-0.25, -0.2) is 8.42 Å². The highest BCUT2D eigenvalue weighted by atomic mass is 79.9. The summed E-state index contributed by atoms with van der Waals surface area (Å²) in [5, 5.41) is 0. The third-order valence-corrected chi connectivity index (χ3v) is 8.29. The van der Waals surface area contributed by atoms with Crippen LogP contribution in [0.15, 0.2) is 45.1 Å². The second-order valence-electron chi connectivity index (χ2n) is 6.00. The zero-order valence-corrected chi connectivity index (χ0v) is 18.4. The lowest BCUT2D eigenvalue weighted by Gasteiger charge is -2.34. The first kappa shape index (κ1) is 20.6. The predicted octanol–water partition coefficient (Wildman–Crippen LogP) is 3.46. The van der Waals surface area contributed by atoms with E-state index >= 15 is 0 Å². The third kappa shape index (κ3) is 4.83. The second-order valence-corrected chi connectivity index (χ2v) is 10.8. The number of thiophene rings is 1. The first-order valence-electron chi connectivity index (χ1n) is 8.24. The van der Waals surface area contributed by atoms with Crippen LogP contribution in [-0.4, -0.2) is 55.8 Å². The van der Waals surface area contributed by atoms with Gasteiger partial charge in [0.15, 0.2) is 6.10 Å². The van der Waals surface area contributed by atoms with E-state index in [9.17, 15) is 13.2 Å². The number of ether oxygens (including phenoxy) is 1. The van der Waals surface area contributed by atoms with Crippen LogP contribution < -0.4 is 4.74 Å². The highest BCUT2D eigenvalue weighted by Gasteiger charge is 2.32. The number of piperazine rings is 1. The van der Waals surface area contributed by atoms with Gasteiger partial charge in [0.05, 0.1) is 4.34 Å². The molecule has 0 saturated carbocycles. The van der Waals surface area contributed by atoms with Crippen molar-refractivity contribution in [2.45, 2.75) is 17.2 Å². The number of benzene rings is 1. The Labute approximate surface area is 175 Å². The lowest BCUT2D eigenvalue weighted by Crippen LogP contribution is -2.53. The van der Waals surface area contributed by atoms with Crippen LogP contribution in [0, 0.1) is 0 Å². The van der Waals surface area contributed by atoms with Crippen LogP contribution in [0.5, 0.6) is 5.75 Å². The molecule has 1 saturated heterocycles. The summed E-state index contributed by atoms with van der Waals surface area (Å²) in [6, 6.07) is 10.3. The van der Waals surface area contributed by atoms with Gasteiger partial charge in [0, 0.05) is 30.7 Å². The topological polar surface area (TPSA) is 66.9 Å². The summed E-state index contributed by atoms with van der Waals surface area (Å²) in [5.74, 6) is 0.448. The number of sulfonamides is 1. The van der Waals surface area contributed by atoms with Crippen molar-refractivity contribution in [3.63, 3.8) is 0 Å². The minimum atomic E-state index is -3.57. The van der Waals surface area contributed by atoms with E-state index in [4.69, 9.17) is 16.3 Å². The lowest BCUT2D eigenvalue weighted by molar-refractivity contribution is -0.139. The van der Waals surface area contributed by atoms with Crippen molar-refractivity contribution in [2.75, 3.05) is 26.2 Å². The fourth-order valence-electron chi connectivity index (χ4n) is 2.74. The molecule has 0 spiro atoms. The van der Waals surface area contributed by atoms with Gasteiger partial charge in [-0.1, -0.05) is 27.5 Å². The fourth-order valence-corrected chi connectivity index (χ4v) is 6.06. The van der Waals surface area contributed by atoms with Crippen LogP contribution in [0.2, 0.25) is 4.34 Å². The molecule has 2 aromatic rings. The number of hydrogen-bond donors (Lipinski definition) is 0. The monoisotopic (exact) mass is 492 g/mol. The van der Waals surface area contributed by atoms with Crippen molar-refractivity contribution >= 4 is 54.8 Å². The molecule has 1 fully saturated rings. The van der Waals surface area contributed by atoms with Crippen LogP contribution >= 0.6 is 38.9 Å². The van der Waals surface area contributed by atoms with Crippen LogP contribution in [0.1, 0.15) is 6.92 Å². The van der Waals surface area contributed by atoms with Crippen LogP contribution in [0.25, 0.3) is 0 Å². The highest BCUT2D eigenvalue weighted by molar-refractivity contribution is 9.10. The summed E-state index contributed by atoms with van der Waals surface area (Å²) in [6.45, 7) is 2.83. The number of nitrogens with zero attached hydrogens (tertiary/aromatic N) is 2. The maximum absolute atomic E-state index is 12.6. The molecule has 10 heteroatoms. The van der Waals surface area contributed by atoms with E-state index in [-0.39, 0.29) is 23.2 Å². The van der Waals surface area contributed by atoms with Crippen molar-refractivity contribution in [3.8, 4) is 5.75 Å². The van der Waals surface area contributed by atoms with Gasteiger partial charge in [-0.15, -0.1) is 11.3 Å². The molecule has 1 atom stereocenters. The predicted molar refractivity (Wildman–Crippen MR) is 109 cm³/mol. The third-order valence-electron chi connectivity index (χ3n) is 4.17. The molecule has 1 unspecified atom stereocenters. The summed E-state index contributed by atoms with van der Waals surface area (Å²) >= 11 is 10.2. The van der Waals surface area contributed by atoms with E-state index in [0.717, 1.165) is 15.8 Å². The van der Waals surface area contributed by atoms with E-state index in [1.54, 1.807) is 30.0 Å². The number of rotatable bonds is 5. The first-order valence-corrected chi connectivity index (χ1v) is 11.7. The number of halogens is 2. The zero-order chi connectivity index (χ0) is 19.6. The van der Waals surface area contributed by atoms with Gasteiger partial charge in [0.1, 0.15) is 9.96 Å². The molecule has 1 aliphatic rings. The molecule has 2 heterocycles. The van der Waals surface area contributed by atoms with Gasteiger partial charge in [0.2, 0.25) is 0 Å². The van der Waals surface area contributed by atoms with Crippen LogP contribution in [-0.2, 0) is 14.8 Å². The fraction of sp³-hybridized carbons (Fsp3) is 0.353. The van der Waals surface area contributed by atoms with E-state index in [0.29, 0.717) is 23.2 Å². The maximum Gasteiger partial charge on any atom is 0.263 e. The number of carbonyl (C=O) groups excluding carboxylic acids is 1.